The van der Waals surface area contributed by atoms with Gasteiger partial charge in [-0.25, -0.2) is 0 Å². The van der Waals surface area contributed by atoms with Gasteiger partial charge in [-0.3, -0.25) is 4.79 Å². The fourth-order valence-electron chi connectivity index (χ4n) is 3.76. The number of benzene rings is 2. The minimum absolute atomic E-state index is 0.154. The normalized spacial score (nSPS) is 12.2. The van der Waals surface area contributed by atoms with Gasteiger partial charge in [-0.1, -0.05) is 12.1 Å². The van der Waals surface area contributed by atoms with E-state index in [-0.39, 0.29) is 5.78 Å². The Morgan fingerprint density at radius 2 is 1.08 bits per heavy atom. The van der Waals surface area contributed by atoms with Gasteiger partial charge in [0.15, 0.2) is 5.78 Å². The first-order valence-electron chi connectivity index (χ1n) is 9.36. The molecule has 1 nitrogen and oxygen atoms in total. The quantitative estimate of drug-likeness (QED) is 0.439. The summed E-state index contributed by atoms with van der Waals surface area (Å²) in [5, 5.41) is 0. The van der Waals surface area contributed by atoms with E-state index in [9.17, 15) is 4.79 Å². The van der Waals surface area contributed by atoms with E-state index in [1.807, 2.05) is 6.92 Å². The van der Waals surface area contributed by atoms with Crippen LogP contribution in [0.25, 0.3) is 5.57 Å². The summed E-state index contributed by atoms with van der Waals surface area (Å²) in [4.78, 5) is 13.4. The van der Waals surface area contributed by atoms with Crippen molar-refractivity contribution in [2.75, 3.05) is 0 Å². The van der Waals surface area contributed by atoms with E-state index in [4.69, 9.17) is 0 Å². The molecule has 0 aromatic heterocycles. The molecular weight excluding hydrogens is 316 g/mol. The van der Waals surface area contributed by atoms with E-state index in [0.717, 1.165) is 27.8 Å². The van der Waals surface area contributed by atoms with Crippen molar-refractivity contribution in [3.63, 3.8) is 0 Å². The van der Waals surface area contributed by atoms with Gasteiger partial charge in [-0.2, -0.15) is 0 Å². The first-order valence-corrected chi connectivity index (χ1v) is 9.36. The lowest BCUT2D eigenvalue weighted by Gasteiger charge is -2.19. The number of aryl methyl sites for hydroxylation is 1. The molecule has 0 aliphatic heterocycles. The van der Waals surface area contributed by atoms with Crippen molar-refractivity contribution in [1.29, 1.82) is 0 Å². The molecule has 0 aliphatic carbocycles. The van der Waals surface area contributed by atoms with Crippen LogP contribution in [0.15, 0.2) is 17.7 Å². The lowest BCUT2D eigenvalue weighted by atomic mass is 9.84. The number of hydrogen-bond acceptors (Lipinski definition) is 1. The second-order valence-electron chi connectivity index (χ2n) is 7.76. The molecule has 0 atom stereocenters. The summed E-state index contributed by atoms with van der Waals surface area (Å²) < 4.78 is 0. The number of ketones is 1. The zero-order chi connectivity index (χ0) is 19.9. The van der Waals surface area contributed by atoms with E-state index < -0.39 is 0 Å². The Kier molecular flexibility index (Phi) is 5.61. The molecule has 0 aliphatic rings. The lowest BCUT2D eigenvalue weighted by molar-refractivity contribution is 0.103. The van der Waals surface area contributed by atoms with E-state index in [1.54, 1.807) is 0 Å². The second kappa shape index (κ2) is 7.23. The summed E-state index contributed by atoms with van der Waals surface area (Å²) in [6.45, 7) is 21.0. The number of carbonyl (C=O) groups is 1. The van der Waals surface area contributed by atoms with Crippen LogP contribution >= 0.6 is 0 Å². The number of carbonyl (C=O) groups excluding carboxylic acids is 1. The largest absolute Gasteiger partial charge is 0.289 e. The molecule has 2 aromatic rings. The summed E-state index contributed by atoms with van der Waals surface area (Å²) in [6, 6.07) is 4.30. The molecule has 0 saturated heterocycles. The monoisotopic (exact) mass is 348 g/mol. The Labute approximate surface area is 159 Å². The molecule has 26 heavy (non-hydrogen) atoms. The van der Waals surface area contributed by atoms with Crippen LogP contribution in [-0.4, -0.2) is 5.78 Å². The highest BCUT2D eigenvalue weighted by atomic mass is 16.1. The maximum absolute atomic E-state index is 13.4. The first-order chi connectivity index (χ1) is 12.0. The van der Waals surface area contributed by atoms with Crippen LogP contribution in [-0.2, 0) is 0 Å². The molecule has 1 heteroatoms. The average molecular weight is 349 g/mol. The summed E-state index contributed by atoms with van der Waals surface area (Å²) in [5.74, 6) is 0.154. The van der Waals surface area contributed by atoms with Gasteiger partial charge < -0.3 is 0 Å². The van der Waals surface area contributed by atoms with Crippen molar-refractivity contribution in [1.82, 2.24) is 0 Å². The fraction of sp³-hybridized carbons (Fsp3) is 0.400. The summed E-state index contributed by atoms with van der Waals surface area (Å²) in [7, 11) is 0. The maximum Gasteiger partial charge on any atom is 0.189 e. The zero-order valence-corrected chi connectivity index (χ0v) is 18.1. The highest BCUT2D eigenvalue weighted by molar-refractivity contribution is 6.14. The molecule has 138 valence electrons. The van der Waals surface area contributed by atoms with Crippen molar-refractivity contribution in [3.8, 4) is 0 Å². The minimum Gasteiger partial charge on any atom is -0.289 e. The van der Waals surface area contributed by atoms with Gasteiger partial charge in [-0.05, 0) is 125 Å². The predicted octanol–water partition coefficient (Wildman–Crippen LogP) is 6.83. The van der Waals surface area contributed by atoms with Gasteiger partial charge in [-0.15, -0.1) is 0 Å². The number of Topliss-reactive ketones (excluding diaryl/α,β-unsaturated/α-hetero) is 1. The topological polar surface area (TPSA) is 17.1 Å². The lowest BCUT2D eigenvalue weighted by Crippen LogP contribution is -2.11. The molecular formula is C25H32O. The van der Waals surface area contributed by atoms with Crippen LogP contribution in [0.3, 0.4) is 0 Å². The van der Waals surface area contributed by atoms with Crippen molar-refractivity contribution in [3.05, 3.63) is 73.3 Å². The van der Waals surface area contributed by atoms with Crippen LogP contribution in [0.4, 0.5) is 0 Å². The maximum atomic E-state index is 13.4. The molecule has 0 radical (unpaired) electrons. The third-order valence-electron chi connectivity index (χ3n) is 6.59. The highest BCUT2D eigenvalue weighted by Gasteiger charge is 2.21. The van der Waals surface area contributed by atoms with E-state index in [1.165, 1.54) is 38.9 Å². The Hall–Kier alpha value is -2.15. The molecule has 0 N–H and O–H groups in total. The summed E-state index contributed by atoms with van der Waals surface area (Å²) in [5.41, 5.74) is 13.8. The van der Waals surface area contributed by atoms with Crippen LogP contribution in [0, 0.1) is 55.4 Å². The third-order valence-corrected chi connectivity index (χ3v) is 6.59. The van der Waals surface area contributed by atoms with Crippen molar-refractivity contribution in [2.45, 2.75) is 69.2 Å². The smallest absolute Gasteiger partial charge is 0.189 e. The molecule has 2 rings (SSSR count). The molecule has 0 spiro atoms. The third kappa shape index (κ3) is 3.16. The van der Waals surface area contributed by atoms with Gasteiger partial charge in [0.25, 0.3) is 0 Å². The van der Waals surface area contributed by atoms with Crippen molar-refractivity contribution in [2.24, 2.45) is 0 Å². The Bertz CT molecular complexity index is 910. The Morgan fingerprint density at radius 3 is 1.58 bits per heavy atom. The van der Waals surface area contributed by atoms with Crippen LogP contribution in [0.5, 0.6) is 0 Å². The van der Waals surface area contributed by atoms with E-state index in [2.05, 4.69) is 74.4 Å². The van der Waals surface area contributed by atoms with Crippen LogP contribution in [0.2, 0.25) is 0 Å². The summed E-state index contributed by atoms with van der Waals surface area (Å²) >= 11 is 0. The molecule has 0 bridgehead atoms. The summed E-state index contributed by atoms with van der Waals surface area (Å²) in [6.07, 6.45) is 0. The first kappa shape index (κ1) is 20.2. The van der Waals surface area contributed by atoms with Gasteiger partial charge in [0.1, 0.15) is 0 Å². The van der Waals surface area contributed by atoms with Crippen LogP contribution in [0.1, 0.15) is 74.3 Å². The van der Waals surface area contributed by atoms with Gasteiger partial charge >= 0.3 is 0 Å². The SMILES string of the molecule is C/C(C(=O)c1c(C)c(C)c(C)c(C)c1C)=C(/C)c1ccc(C)c(C)c1C. The van der Waals surface area contributed by atoms with E-state index in [0.29, 0.717) is 0 Å². The van der Waals surface area contributed by atoms with E-state index >= 15 is 0 Å². The van der Waals surface area contributed by atoms with Gasteiger partial charge in [0, 0.05) is 11.1 Å². The number of hydrogen-bond donors (Lipinski definition) is 0. The number of rotatable bonds is 3. The fourth-order valence-corrected chi connectivity index (χ4v) is 3.76. The Morgan fingerprint density at radius 1 is 0.615 bits per heavy atom. The van der Waals surface area contributed by atoms with Crippen molar-refractivity contribution >= 4 is 11.4 Å². The molecule has 2 aromatic carbocycles. The molecule has 0 saturated carbocycles. The average Bonchev–Trinajstić information content (AvgIpc) is 2.61. The minimum atomic E-state index is 0.154. The zero-order valence-electron chi connectivity index (χ0n) is 18.1. The molecule has 0 heterocycles. The number of allylic oxidation sites excluding steroid dienone is 2. The molecule has 0 unspecified atom stereocenters. The van der Waals surface area contributed by atoms with Crippen molar-refractivity contribution < 1.29 is 4.79 Å². The molecule has 0 fully saturated rings. The van der Waals surface area contributed by atoms with Gasteiger partial charge in [0.05, 0.1) is 0 Å². The van der Waals surface area contributed by atoms with Crippen LogP contribution < -0.4 is 0 Å². The standard InChI is InChI=1S/C25H32O/c1-13-11-12-23(18(6)14(13)2)19(7)22(10)25(26)24-20(8)16(4)15(3)17(5)21(24)9/h11-12H,1-10H3/b22-19+. The Balaban J connectivity index is 2.68. The van der Waals surface area contributed by atoms with Gasteiger partial charge in [0.2, 0.25) is 0 Å². The highest BCUT2D eigenvalue weighted by Crippen LogP contribution is 2.31. The molecule has 0 amide bonds. The predicted molar refractivity (Wildman–Crippen MR) is 113 cm³/mol. The second-order valence-corrected chi connectivity index (χ2v) is 7.76.